The predicted molar refractivity (Wildman–Crippen MR) is 213 cm³/mol. The molecule has 1 aliphatic rings. The molecule has 1 aliphatic carbocycles. The van der Waals surface area contributed by atoms with E-state index in [9.17, 15) is 0 Å². The Kier molecular flexibility index (Phi) is 7.36. The molecule has 0 unspecified atom stereocenters. The normalized spacial score (nSPS) is 13.0. The first-order valence-corrected chi connectivity index (χ1v) is 17.7. The number of fused-ring (bicyclic) bond motifs is 5. The highest BCUT2D eigenvalue weighted by molar-refractivity contribution is 5.90. The summed E-state index contributed by atoms with van der Waals surface area (Å²) in [4.78, 5) is 0. The van der Waals surface area contributed by atoms with E-state index in [1.165, 1.54) is 71.6 Å². The molecular formula is C49H39N. The first-order valence-electron chi connectivity index (χ1n) is 17.7. The minimum Gasteiger partial charge on any atom is -0.356 e. The molecule has 0 aromatic heterocycles. The van der Waals surface area contributed by atoms with E-state index in [1.54, 1.807) is 0 Å². The van der Waals surface area contributed by atoms with Crippen molar-refractivity contribution in [2.45, 2.75) is 31.6 Å². The molecule has 1 N–H and O–H groups in total. The summed E-state index contributed by atoms with van der Waals surface area (Å²) < 4.78 is 0. The topological polar surface area (TPSA) is 12.0 Å². The Balaban J connectivity index is 1.07. The molecule has 8 aromatic carbocycles. The van der Waals surface area contributed by atoms with Gasteiger partial charge in [-0.15, -0.1) is 0 Å². The molecule has 1 nitrogen and oxygen atoms in total. The van der Waals surface area contributed by atoms with Gasteiger partial charge in [-0.05, 0) is 102 Å². The maximum atomic E-state index is 3.71. The molecule has 1 heteroatoms. The Morgan fingerprint density at radius 2 is 1.00 bits per heavy atom. The van der Waals surface area contributed by atoms with Crippen LogP contribution in [0.2, 0.25) is 0 Å². The maximum absolute atomic E-state index is 3.71. The van der Waals surface area contributed by atoms with Crippen molar-refractivity contribution in [2.24, 2.45) is 0 Å². The molecule has 0 heterocycles. The summed E-state index contributed by atoms with van der Waals surface area (Å²) in [6.07, 6.45) is 0.923. The summed E-state index contributed by atoms with van der Waals surface area (Å²) in [6, 6.07) is 64.6. The summed E-state index contributed by atoms with van der Waals surface area (Å²) in [7, 11) is 0. The Morgan fingerprint density at radius 1 is 0.460 bits per heavy atom. The fourth-order valence-corrected chi connectivity index (χ4v) is 8.29. The van der Waals surface area contributed by atoms with E-state index in [0.29, 0.717) is 0 Å². The number of benzene rings is 8. The lowest BCUT2D eigenvalue weighted by atomic mass is 9.79. The van der Waals surface area contributed by atoms with Gasteiger partial charge in [0.25, 0.3) is 0 Å². The molecule has 50 heavy (non-hydrogen) atoms. The zero-order chi connectivity index (χ0) is 33.7. The van der Waals surface area contributed by atoms with Crippen molar-refractivity contribution >= 4 is 32.9 Å². The van der Waals surface area contributed by atoms with Crippen molar-refractivity contribution in [1.82, 2.24) is 0 Å². The van der Waals surface area contributed by atoms with Gasteiger partial charge in [-0.2, -0.15) is 0 Å². The molecule has 0 radical (unpaired) electrons. The van der Waals surface area contributed by atoms with Gasteiger partial charge in [0.2, 0.25) is 0 Å². The molecule has 9 rings (SSSR count). The Labute approximate surface area is 294 Å². The lowest BCUT2D eigenvalue weighted by Crippen LogP contribution is -2.16. The summed E-state index contributed by atoms with van der Waals surface area (Å²) in [6.45, 7) is 4.77. The van der Waals surface area contributed by atoms with Crippen LogP contribution in [-0.2, 0) is 11.8 Å². The molecule has 240 valence electrons. The first kappa shape index (κ1) is 30.2. The average molecular weight is 642 g/mol. The molecule has 0 saturated heterocycles. The highest BCUT2D eigenvalue weighted by atomic mass is 14.9. The number of nitrogens with one attached hydrogen (secondary N) is 1. The van der Waals surface area contributed by atoms with Gasteiger partial charge in [-0.3, -0.25) is 0 Å². The maximum Gasteiger partial charge on any atom is 0.0390 e. The predicted octanol–water partition coefficient (Wildman–Crippen LogP) is 13.1. The standard InChI is InChI=1S/C49H39N/c1-49(2)47-30-33(29-46(42-23-11-17-35-15-6-8-21-40(35)42)43-24-12-18-36-16-7-9-22-41(36)43)25-27-44(47)45-28-26-39(32-48(45)49)50-38-20-10-19-37(31-38)34-13-4-3-5-14-34/h3-28,30-32,46,50H,29H2,1-2H3. The largest absolute Gasteiger partial charge is 0.356 e. The van der Waals surface area contributed by atoms with E-state index >= 15 is 0 Å². The van der Waals surface area contributed by atoms with E-state index < -0.39 is 0 Å². The quantitative estimate of drug-likeness (QED) is 0.183. The summed E-state index contributed by atoms with van der Waals surface area (Å²) in [5.41, 5.74) is 14.1. The Morgan fingerprint density at radius 3 is 1.70 bits per heavy atom. The van der Waals surface area contributed by atoms with Crippen LogP contribution in [0.1, 0.15) is 47.6 Å². The van der Waals surface area contributed by atoms with Gasteiger partial charge in [0.15, 0.2) is 0 Å². The first-order chi connectivity index (χ1) is 24.5. The van der Waals surface area contributed by atoms with Gasteiger partial charge in [0, 0.05) is 22.7 Å². The van der Waals surface area contributed by atoms with E-state index in [2.05, 4.69) is 195 Å². The van der Waals surface area contributed by atoms with E-state index in [1.807, 2.05) is 0 Å². The smallest absolute Gasteiger partial charge is 0.0390 e. The highest BCUT2D eigenvalue weighted by Crippen LogP contribution is 2.50. The van der Waals surface area contributed by atoms with Crippen molar-refractivity contribution in [3.05, 3.63) is 204 Å². The van der Waals surface area contributed by atoms with Gasteiger partial charge in [-0.25, -0.2) is 0 Å². The number of rotatable bonds is 7. The molecule has 0 atom stereocenters. The van der Waals surface area contributed by atoms with Crippen LogP contribution >= 0.6 is 0 Å². The molecule has 0 bridgehead atoms. The van der Waals surface area contributed by atoms with Crippen LogP contribution < -0.4 is 5.32 Å². The molecule has 0 saturated carbocycles. The van der Waals surface area contributed by atoms with E-state index in [-0.39, 0.29) is 11.3 Å². The van der Waals surface area contributed by atoms with Gasteiger partial charge in [0.05, 0.1) is 0 Å². The fraction of sp³-hybridized carbons (Fsp3) is 0.102. The van der Waals surface area contributed by atoms with Crippen molar-refractivity contribution in [2.75, 3.05) is 5.32 Å². The molecule has 8 aromatic rings. The second-order valence-electron chi connectivity index (χ2n) is 14.2. The highest BCUT2D eigenvalue weighted by Gasteiger charge is 2.36. The third-order valence-electron chi connectivity index (χ3n) is 10.8. The molecular weight excluding hydrogens is 603 g/mol. The van der Waals surface area contributed by atoms with Crippen molar-refractivity contribution in [3.8, 4) is 22.3 Å². The zero-order valence-corrected chi connectivity index (χ0v) is 28.5. The second-order valence-corrected chi connectivity index (χ2v) is 14.2. The molecule has 0 amide bonds. The summed E-state index contributed by atoms with van der Waals surface area (Å²) >= 11 is 0. The fourth-order valence-electron chi connectivity index (χ4n) is 8.29. The van der Waals surface area contributed by atoms with Crippen LogP contribution in [0.4, 0.5) is 11.4 Å². The minimum atomic E-state index is -0.126. The van der Waals surface area contributed by atoms with Crippen LogP contribution in [0.3, 0.4) is 0 Å². The zero-order valence-electron chi connectivity index (χ0n) is 28.5. The third-order valence-corrected chi connectivity index (χ3v) is 10.8. The van der Waals surface area contributed by atoms with Crippen LogP contribution in [0, 0.1) is 0 Å². The Hall–Kier alpha value is -5.92. The third kappa shape index (κ3) is 5.27. The van der Waals surface area contributed by atoms with Crippen LogP contribution in [0.25, 0.3) is 43.8 Å². The van der Waals surface area contributed by atoms with Crippen LogP contribution in [0.15, 0.2) is 176 Å². The summed E-state index contributed by atoms with van der Waals surface area (Å²) in [5, 5.41) is 8.95. The van der Waals surface area contributed by atoms with Crippen molar-refractivity contribution in [1.29, 1.82) is 0 Å². The van der Waals surface area contributed by atoms with Crippen LogP contribution in [0.5, 0.6) is 0 Å². The molecule has 0 spiro atoms. The van der Waals surface area contributed by atoms with Crippen molar-refractivity contribution in [3.63, 3.8) is 0 Å². The average Bonchev–Trinajstić information content (AvgIpc) is 3.39. The SMILES string of the molecule is CC1(C)c2cc(CC(c3cccc4ccccc34)c3cccc4ccccc34)ccc2-c2ccc(Nc3cccc(-c4ccccc4)c3)cc21. The monoisotopic (exact) mass is 641 g/mol. The van der Waals surface area contributed by atoms with E-state index in [4.69, 9.17) is 0 Å². The van der Waals surface area contributed by atoms with Crippen molar-refractivity contribution < 1.29 is 0 Å². The number of hydrogen-bond donors (Lipinski definition) is 1. The van der Waals surface area contributed by atoms with E-state index in [0.717, 1.165) is 17.8 Å². The van der Waals surface area contributed by atoms with Crippen LogP contribution in [-0.4, -0.2) is 0 Å². The number of hydrogen-bond acceptors (Lipinski definition) is 1. The minimum absolute atomic E-state index is 0.126. The second kappa shape index (κ2) is 12.2. The van der Waals surface area contributed by atoms with Gasteiger partial charge in [-0.1, -0.05) is 166 Å². The lowest BCUT2D eigenvalue weighted by Gasteiger charge is -2.25. The number of anilines is 2. The van der Waals surface area contributed by atoms with Gasteiger partial charge in [0.1, 0.15) is 0 Å². The van der Waals surface area contributed by atoms with Gasteiger partial charge >= 0.3 is 0 Å². The van der Waals surface area contributed by atoms with Gasteiger partial charge < -0.3 is 5.32 Å². The molecule has 0 fully saturated rings. The lowest BCUT2D eigenvalue weighted by molar-refractivity contribution is 0.658. The summed E-state index contributed by atoms with van der Waals surface area (Å²) in [5.74, 6) is 0.208. The Bertz CT molecular complexity index is 2430. The molecule has 0 aliphatic heterocycles.